The summed E-state index contributed by atoms with van der Waals surface area (Å²) >= 11 is 6.27. The molecule has 2 N–H and O–H groups in total. The first-order valence-corrected chi connectivity index (χ1v) is 9.19. The molecule has 2 rings (SSSR count). The highest BCUT2D eigenvalue weighted by atomic mass is 32.2. The van der Waals surface area contributed by atoms with Crippen molar-refractivity contribution in [3.8, 4) is 0 Å². The van der Waals surface area contributed by atoms with E-state index >= 15 is 0 Å². The number of esters is 1. The van der Waals surface area contributed by atoms with E-state index in [1.807, 2.05) is 0 Å². The number of halogens is 1. The fourth-order valence-electron chi connectivity index (χ4n) is 2.04. The van der Waals surface area contributed by atoms with E-state index in [1.54, 1.807) is 0 Å². The van der Waals surface area contributed by atoms with Gasteiger partial charge in [0, 0.05) is 18.7 Å². The molecule has 144 valence electrons. The minimum atomic E-state index is -0.817. The molecule has 0 aliphatic carbocycles. The van der Waals surface area contributed by atoms with Crippen molar-refractivity contribution in [2.45, 2.75) is 0 Å². The fourth-order valence-corrected chi connectivity index (χ4v) is 3.16. The number of carbonyl (C=O) groups is 4. The topological polar surface area (TPSA) is 105 Å². The summed E-state index contributed by atoms with van der Waals surface area (Å²) < 4.78 is 18.2. The van der Waals surface area contributed by atoms with E-state index in [9.17, 15) is 23.6 Å². The Morgan fingerprint density at radius 3 is 2.74 bits per heavy atom. The maximum atomic E-state index is 13.0. The minimum Gasteiger partial charge on any atom is -0.454 e. The highest BCUT2D eigenvalue weighted by molar-refractivity contribution is 8.23. The number of carbonyl (C=O) groups excluding carboxylic acids is 4. The molecule has 0 bridgehead atoms. The van der Waals surface area contributed by atoms with Gasteiger partial charge in [-0.05, 0) is 18.2 Å². The van der Waals surface area contributed by atoms with Crippen molar-refractivity contribution in [3.63, 3.8) is 0 Å². The van der Waals surface area contributed by atoms with Gasteiger partial charge in [0.25, 0.3) is 11.8 Å². The summed E-state index contributed by atoms with van der Waals surface area (Å²) in [7, 11) is 0. The molecule has 8 nitrogen and oxygen atoms in total. The monoisotopic (exact) mass is 413 g/mol. The molecule has 1 fully saturated rings. The molecule has 1 aliphatic rings. The van der Waals surface area contributed by atoms with Crippen molar-refractivity contribution in [1.29, 1.82) is 0 Å². The van der Waals surface area contributed by atoms with Crippen LogP contribution in [-0.4, -0.2) is 64.9 Å². The number of thioether (sulfide) groups is 1. The minimum absolute atomic E-state index is 0.0630. The smallest absolute Gasteiger partial charge is 0.325 e. The Kier molecular flexibility index (Phi) is 7.67. The van der Waals surface area contributed by atoms with Gasteiger partial charge in [0.2, 0.25) is 5.91 Å². The molecule has 1 saturated heterocycles. The molecule has 1 aliphatic heterocycles. The summed E-state index contributed by atoms with van der Waals surface area (Å²) in [4.78, 5) is 47.8. The van der Waals surface area contributed by atoms with Crippen LogP contribution in [0.25, 0.3) is 0 Å². The van der Waals surface area contributed by atoms with Crippen LogP contribution in [-0.2, 0) is 19.1 Å². The normalized spacial score (nSPS) is 13.4. The van der Waals surface area contributed by atoms with Crippen LogP contribution in [0.15, 0.2) is 24.3 Å². The summed E-state index contributed by atoms with van der Waals surface area (Å²) in [5, 5.41) is 4.76. The van der Waals surface area contributed by atoms with E-state index in [0.717, 1.165) is 6.07 Å². The van der Waals surface area contributed by atoms with Gasteiger partial charge < -0.3 is 15.4 Å². The lowest BCUT2D eigenvalue weighted by Gasteiger charge is -2.15. The maximum Gasteiger partial charge on any atom is 0.325 e. The maximum absolute atomic E-state index is 13.0. The molecule has 0 saturated carbocycles. The fraction of sp³-hybridized carbons (Fsp3) is 0.312. The van der Waals surface area contributed by atoms with Crippen LogP contribution in [0.1, 0.15) is 10.4 Å². The van der Waals surface area contributed by atoms with Gasteiger partial charge in [-0.3, -0.25) is 24.1 Å². The quantitative estimate of drug-likeness (QED) is 0.459. The van der Waals surface area contributed by atoms with E-state index < -0.39 is 36.8 Å². The summed E-state index contributed by atoms with van der Waals surface area (Å²) in [5.41, 5.74) is 0.0630. The predicted molar refractivity (Wildman–Crippen MR) is 99.5 cm³/mol. The Hall–Kier alpha value is -2.53. The predicted octanol–water partition coefficient (Wildman–Crippen LogP) is 0.0752. The Bertz CT molecular complexity index is 758. The standard InChI is InChI=1S/C16H16FN3O5S2/c17-11-3-1-2-10(6-11)15(24)19-7-14(23)25-8-12(21)18-4-5-20-13(22)9-27-16(20)26/h1-3,6H,4-5,7-9H2,(H,18,21)(H,19,24). The first-order valence-electron chi connectivity index (χ1n) is 7.80. The van der Waals surface area contributed by atoms with Crippen LogP contribution in [0.4, 0.5) is 4.39 Å². The average Bonchev–Trinajstić information content (AvgIpc) is 2.96. The first kappa shape index (κ1) is 20.8. The van der Waals surface area contributed by atoms with Gasteiger partial charge in [0.15, 0.2) is 6.61 Å². The van der Waals surface area contributed by atoms with Gasteiger partial charge in [-0.15, -0.1) is 0 Å². The number of ether oxygens (including phenoxy) is 1. The van der Waals surface area contributed by atoms with Gasteiger partial charge >= 0.3 is 5.97 Å². The molecule has 27 heavy (non-hydrogen) atoms. The Balaban J connectivity index is 1.62. The van der Waals surface area contributed by atoms with Crippen LogP contribution >= 0.6 is 24.0 Å². The number of thiocarbonyl (C=S) groups is 1. The number of nitrogens with one attached hydrogen (secondary N) is 2. The van der Waals surface area contributed by atoms with E-state index in [1.165, 1.54) is 34.9 Å². The number of benzene rings is 1. The van der Waals surface area contributed by atoms with Crippen molar-refractivity contribution in [2.24, 2.45) is 0 Å². The first-order chi connectivity index (χ1) is 12.9. The van der Waals surface area contributed by atoms with E-state index in [2.05, 4.69) is 10.6 Å². The van der Waals surface area contributed by atoms with Crippen LogP contribution in [0.3, 0.4) is 0 Å². The van der Waals surface area contributed by atoms with Crippen LogP contribution in [0, 0.1) is 5.82 Å². The molecule has 0 spiro atoms. The molecule has 0 aromatic heterocycles. The summed E-state index contributed by atoms with van der Waals surface area (Å²) in [6.07, 6.45) is 0. The molecule has 0 unspecified atom stereocenters. The van der Waals surface area contributed by atoms with E-state index in [4.69, 9.17) is 17.0 Å². The summed E-state index contributed by atoms with van der Waals surface area (Å²) in [6.45, 7) is -0.578. The second-order valence-electron chi connectivity index (χ2n) is 5.30. The largest absolute Gasteiger partial charge is 0.454 e. The van der Waals surface area contributed by atoms with Gasteiger partial charge in [-0.25, -0.2) is 4.39 Å². The molecule has 0 radical (unpaired) electrons. The second-order valence-corrected chi connectivity index (χ2v) is 6.91. The van der Waals surface area contributed by atoms with Gasteiger partial charge in [0.05, 0.1) is 5.75 Å². The molecular weight excluding hydrogens is 397 g/mol. The van der Waals surface area contributed by atoms with Crippen molar-refractivity contribution in [2.75, 3.05) is 32.0 Å². The van der Waals surface area contributed by atoms with Crippen molar-refractivity contribution in [3.05, 3.63) is 35.6 Å². The number of hydrogen-bond donors (Lipinski definition) is 2. The van der Waals surface area contributed by atoms with E-state index in [-0.39, 0.29) is 24.6 Å². The lowest BCUT2D eigenvalue weighted by atomic mass is 10.2. The Morgan fingerprint density at radius 1 is 1.30 bits per heavy atom. The Labute approximate surface area is 163 Å². The third-order valence-corrected chi connectivity index (χ3v) is 4.78. The van der Waals surface area contributed by atoms with Gasteiger partial charge in [0.1, 0.15) is 16.7 Å². The number of nitrogens with zero attached hydrogens (tertiary/aromatic N) is 1. The highest BCUT2D eigenvalue weighted by Gasteiger charge is 2.25. The highest BCUT2D eigenvalue weighted by Crippen LogP contribution is 2.18. The van der Waals surface area contributed by atoms with Crippen LogP contribution in [0.5, 0.6) is 0 Å². The zero-order valence-corrected chi connectivity index (χ0v) is 15.7. The molecule has 1 aromatic rings. The van der Waals surface area contributed by atoms with Crippen molar-refractivity contribution >= 4 is 52.0 Å². The second kappa shape index (κ2) is 9.97. The summed E-state index contributed by atoms with van der Waals surface area (Å²) in [5.74, 6) is -2.39. The zero-order chi connectivity index (χ0) is 19.8. The third-order valence-electron chi connectivity index (χ3n) is 3.34. The zero-order valence-electron chi connectivity index (χ0n) is 14.0. The lowest BCUT2D eigenvalue weighted by molar-refractivity contribution is -0.147. The SMILES string of the molecule is O=C(COC(=O)CNC(=O)c1cccc(F)c1)NCCN1C(=O)CSC1=S. The van der Waals surface area contributed by atoms with Crippen molar-refractivity contribution < 1.29 is 28.3 Å². The van der Waals surface area contributed by atoms with Gasteiger partial charge in [-0.1, -0.05) is 30.0 Å². The van der Waals surface area contributed by atoms with E-state index in [0.29, 0.717) is 10.1 Å². The Morgan fingerprint density at radius 2 is 2.07 bits per heavy atom. The van der Waals surface area contributed by atoms with Gasteiger partial charge in [-0.2, -0.15) is 0 Å². The molecule has 1 heterocycles. The third kappa shape index (κ3) is 6.61. The number of rotatable bonds is 8. The molecular formula is C16H16FN3O5S2. The van der Waals surface area contributed by atoms with Crippen molar-refractivity contribution in [1.82, 2.24) is 15.5 Å². The molecule has 0 atom stereocenters. The number of amides is 3. The molecule has 1 aromatic carbocycles. The van der Waals surface area contributed by atoms with Crippen LogP contribution in [0.2, 0.25) is 0 Å². The molecule has 3 amide bonds. The lowest BCUT2D eigenvalue weighted by Crippen LogP contribution is -2.39. The molecule has 11 heteroatoms. The summed E-state index contributed by atoms with van der Waals surface area (Å²) in [6, 6.07) is 4.99. The average molecular weight is 413 g/mol. The number of hydrogen-bond acceptors (Lipinski definition) is 7. The van der Waals surface area contributed by atoms with Crippen LogP contribution < -0.4 is 10.6 Å².